The molecule has 1 saturated heterocycles. The minimum Gasteiger partial charge on any atom is -0.397 e. The van der Waals surface area contributed by atoms with Crippen LogP contribution in [0.3, 0.4) is 0 Å². The highest BCUT2D eigenvalue weighted by Crippen LogP contribution is 2.37. The fraction of sp³-hybridized carbons (Fsp3) is 0.333. The van der Waals surface area contributed by atoms with Gasteiger partial charge in [-0.3, -0.25) is 9.69 Å². The third kappa shape index (κ3) is 4.29. The number of aromatic nitrogens is 1. The number of hydrogen-bond acceptors (Lipinski definition) is 5. The van der Waals surface area contributed by atoms with Crippen molar-refractivity contribution in [2.24, 2.45) is 5.92 Å². The smallest absolute Gasteiger partial charge is 0.266 e. The third-order valence-corrected chi connectivity index (χ3v) is 8.83. The summed E-state index contributed by atoms with van der Waals surface area (Å²) in [5, 5.41) is 0.947. The molecule has 1 fully saturated rings. The molecule has 2 aliphatic rings. The van der Waals surface area contributed by atoms with Crippen LogP contribution in [-0.4, -0.2) is 46.9 Å². The maximum absolute atomic E-state index is 13.6. The van der Waals surface area contributed by atoms with Gasteiger partial charge in [-0.25, -0.2) is 4.98 Å². The van der Waals surface area contributed by atoms with Gasteiger partial charge in [0, 0.05) is 37.3 Å². The number of benzene rings is 2. The monoisotopic (exact) mass is 496 g/mol. The Kier molecular flexibility index (Phi) is 6.23. The second kappa shape index (κ2) is 9.68. The van der Waals surface area contributed by atoms with Gasteiger partial charge in [0.25, 0.3) is 5.91 Å². The Morgan fingerprint density at radius 1 is 1.00 bits per heavy atom. The van der Waals surface area contributed by atoms with Crippen molar-refractivity contribution < 1.29 is 4.79 Å². The summed E-state index contributed by atoms with van der Waals surface area (Å²) in [4.78, 5) is 24.5. The van der Waals surface area contributed by atoms with Crippen LogP contribution < -0.4 is 5.73 Å². The van der Waals surface area contributed by atoms with Crippen molar-refractivity contribution in [3.63, 3.8) is 0 Å². The van der Waals surface area contributed by atoms with Crippen LogP contribution in [0, 0.1) is 5.92 Å². The first kappa shape index (κ1) is 23.2. The Morgan fingerprint density at radius 2 is 1.64 bits per heavy atom. The van der Waals surface area contributed by atoms with E-state index in [0.29, 0.717) is 29.6 Å². The lowest BCUT2D eigenvalue weighted by molar-refractivity contribution is 0.0603. The number of nitrogens with two attached hydrogens (primary N) is 1. The number of fused-ring (bicyclic) bond motifs is 2. The summed E-state index contributed by atoms with van der Waals surface area (Å²) in [6, 6.07) is 23.7. The molecule has 3 heterocycles. The number of thiophene rings is 1. The van der Waals surface area contributed by atoms with Gasteiger partial charge < -0.3 is 10.6 Å². The minimum atomic E-state index is 0.0393. The summed E-state index contributed by atoms with van der Waals surface area (Å²) in [5.74, 6) is 0.710. The third-order valence-electron chi connectivity index (χ3n) is 7.72. The van der Waals surface area contributed by atoms with E-state index in [9.17, 15) is 4.79 Å². The first-order chi connectivity index (χ1) is 17.6. The number of carbonyl (C=O) groups is 1. The number of nitrogens with zero attached hydrogens (tertiary/aromatic N) is 3. The van der Waals surface area contributed by atoms with Gasteiger partial charge in [0.15, 0.2) is 0 Å². The highest BCUT2D eigenvalue weighted by Gasteiger charge is 2.30. The Labute approximate surface area is 216 Å². The van der Waals surface area contributed by atoms with E-state index in [1.54, 1.807) is 0 Å². The Balaban J connectivity index is 1.22. The molecule has 36 heavy (non-hydrogen) atoms. The van der Waals surface area contributed by atoms with Crippen LogP contribution in [0.5, 0.6) is 0 Å². The lowest BCUT2D eigenvalue weighted by Gasteiger charge is -2.39. The molecule has 0 saturated carbocycles. The van der Waals surface area contributed by atoms with E-state index in [4.69, 9.17) is 10.7 Å². The highest BCUT2D eigenvalue weighted by atomic mass is 32.1. The lowest BCUT2D eigenvalue weighted by atomic mass is 9.87. The predicted molar refractivity (Wildman–Crippen MR) is 147 cm³/mol. The van der Waals surface area contributed by atoms with E-state index in [-0.39, 0.29) is 11.9 Å². The average Bonchev–Trinajstić information content (AvgIpc) is 3.24. The summed E-state index contributed by atoms with van der Waals surface area (Å²) < 4.78 is 0. The van der Waals surface area contributed by atoms with Gasteiger partial charge in [-0.05, 0) is 47.9 Å². The molecule has 0 radical (unpaired) electrons. The van der Waals surface area contributed by atoms with E-state index < -0.39 is 0 Å². The SMILES string of the molecule is CC1CCc2nc3sc(C(=O)N4CCN(C(c5ccccc5)c5ccccc5)CC4)c(N)c3cc2C1. The molecular formula is C30H32N4OS. The molecule has 2 aromatic heterocycles. The lowest BCUT2D eigenvalue weighted by Crippen LogP contribution is -2.49. The van der Waals surface area contributed by atoms with Crippen molar-refractivity contribution in [3.05, 3.63) is 94.0 Å². The van der Waals surface area contributed by atoms with Gasteiger partial charge in [-0.2, -0.15) is 0 Å². The molecule has 0 bridgehead atoms. The second-order valence-electron chi connectivity index (χ2n) is 10.2. The fourth-order valence-electron chi connectivity index (χ4n) is 5.74. The van der Waals surface area contributed by atoms with E-state index in [0.717, 1.165) is 36.1 Å². The first-order valence-electron chi connectivity index (χ1n) is 12.9. The molecule has 4 aromatic rings. The second-order valence-corrected chi connectivity index (χ2v) is 11.2. The van der Waals surface area contributed by atoms with Crippen molar-refractivity contribution >= 4 is 33.1 Å². The van der Waals surface area contributed by atoms with Crippen molar-refractivity contribution in [2.75, 3.05) is 31.9 Å². The molecule has 1 aliphatic carbocycles. The zero-order chi connectivity index (χ0) is 24.6. The van der Waals surface area contributed by atoms with Crippen LogP contribution in [0.15, 0.2) is 66.7 Å². The van der Waals surface area contributed by atoms with Crippen LogP contribution in [0.4, 0.5) is 5.69 Å². The highest BCUT2D eigenvalue weighted by molar-refractivity contribution is 7.21. The largest absolute Gasteiger partial charge is 0.397 e. The molecule has 6 heteroatoms. The number of carbonyl (C=O) groups excluding carboxylic acids is 1. The number of hydrogen-bond donors (Lipinski definition) is 1. The first-order valence-corrected chi connectivity index (χ1v) is 13.7. The van der Waals surface area contributed by atoms with Crippen LogP contribution in [-0.2, 0) is 12.8 Å². The molecule has 1 aliphatic heterocycles. The Morgan fingerprint density at radius 3 is 2.28 bits per heavy atom. The van der Waals surface area contributed by atoms with E-state index in [1.807, 2.05) is 4.90 Å². The molecule has 6 rings (SSSR count). The van der Waals surface area contributed by atoms with Gasteiger partial charge in [-0.1, -0.05) is 67.6 Å². The Hall–Kier alpha value is -3.22. The minimum absolute atomic E-state index is 0.0393. The number of piperazine rings is 1. The van der Waals surface area contributed by atoms with Crippen molar-refractivity contribution in [3.8, 4) is 0 Å². The molecule has 2 N–H and O–H groups in total. The maximum Gasteiger partial charge on any atom is 0.266 e. The van der Waals surface area contributed by atoms with E-state index in [1.165, 1.54) is 40.1 Å². The number of anilines is 1. The molecule has 184 valence electrons. The molecule has 5 nitrogen and oxygen atoms in total. The van der Waals surface area contributed by atoms with Crippen LogP contribution >= 0.6 is 11.3 Å². The number of pyridine rings is 1. The summed E-state index contributed by atoms with van der Waals surface area (Å²) >= 11 is 1.46. The Bertz CT molecular complexity index is 1340. The molecule has 1 unspecified atom stereocenters. The molecule has 2 aromatic carbocycles. The van der Waals surface area contributed by atoms with Gasteiger partial charge >= 0.3 is 0 Å². The van der Waals surface area contributed by atoms with Gasteiger partial charge in [0.2, 0.25) is 0 Å². The van der Waals surface area contributed by atoms with Crippen LogP contribution in [0.2, 0.25) is 0 Å². The van der Waals surface area contributed by atoms with Gasteiger partial charge in [0.1, 0.15) is 9.71 Å². The summed E-state index contributed by atoms with van der Waals surface area (Å²) in [6.07, 6.45) is 3.23. The van der Waals surface area contributed by atoms with Crippen molar-refractivity contribution in [2.45, 2.75) is 32.2 Å². The normalized spacial score (nSPS) is 18.5. The number of rotatable bonds is 4. The average molecular weight is 497 g/mol. The van der Waals surface area contributed by atoms with Crippen LogP contribution in [0.25, 0.3) is 10.2 Å². The fourth-order valence-corrected chi connectivity index (χ4v) is 6.81. The molecule has 0 spiro atoms. The van der Waals surface area contributed by atoms with Crippen molar-refractivity contribution in [1.82, 2.24) is 14.8 Å². The molecule has 1 amide bonds. The summed E-state index contributed by atoms with van der Waals surface area (Å²) in [5.41, 5.74) is 12.2. The molecule has 1 atom stereocenters. The zero-order valence-corrected chi connectivity index (χ0v) is 21.5. The van der Waals surface area contributed by atoms with Crippen LogP contribution in [0.1, 0.15) is 51.4 Å². The van der Waals surface area contributed by atoms with E-state index >= 15 is 0 Å². The zero-order valence-electron chi connectivity index (χ0n) is 20.7. The van der Waals surface area contributed by atoms with E-state index in [2.05, 4.69) is 78.6 Å². The standard InChI is InChI=1S/C30H32N4OS/c1-20-12-13-25-23(18-20)19-24-26(31)28(36-29(24)32-25)30(35)34-16-14-33(15-17-34)27(21-8-4-2-5-9-21)22-10-6-3-7-11-22/h2-11,19-20,27H,12-18,31H2,1H3. The number of nitrogen functional groups attached to an aromatic ring is 1. The summed E-state index contributed by atoms with van der Waals surface area (Å²) in [7, 11) is 0. The predicted octanol–water partition coefficient (Wildman–Crippen LogP) is 5.55. The number of amides is 1. The molecular weight excluding hydrogens is 464 g/mol. The van der Waals surface area contributed by atoms with Crippen molar-refractivity contribution in [1.29, 1.82) is 0 Å². The van der Waals surface area contributed by atoms with Gasteiger partial charge in [-0.15, -0.1) is 11.3 Å². The summed E-state index contributed by atoms with van der Waals surface area (Å²) in [6.45, 7) is 5.29. The quantitative estimate of drug-likeness (QED) is 0.402. The topological polar surface area (TPSA) is 62.5 Å². The van der Waals surface area contributed by atoms with Gasteiger partial charge in [0.05, 0.1) is 11.7 Å². The number of aryl methyl sites for hydroxylation is 1. The maximum atomic E-state index is 13.6.